The van der Waals surface area contributed by atoms with Crippen molar-refractivity contribution < 1.29 is 13.9 Å². The highest BCUT2D eigenvalue weighted by Gasteiger charge is 2.07. The van der Waals surface area contributed by atoms with Crippen LogP contribution < -0.4 is 0 Å². The Labute approximate surface area is 146 Å². The summed E-state index contributed by atoms with van der Waals surface area (Å²) < 4.78 is 18.7. The van der Waals surface area contributed by atoms with Crippen molar-refractivity contribution in [2.24, 2.45) is 0 Å². The van der Waals surface area contributed by atoms with E-state index in [4.69, 9.17) is 4.74 Å². The Morgan fingerprint density at radius 1 is 1.12 bits per heavy atom. The first-order valence-corrected chi connectivity index (χ1v) is 8.58. The summed E-state index contributed by atoms with van der Waals surface area (Å²) in [5.41, 5.74) is 4.32. The van der Waals surface area contributed by atoms with Crippen molar-refractivity contribution in [3.05, 3.63) is 71.2 Å². The number of esters is 1. The van der Waals surface area contributed by atoms with E-state index in [-0.39, 0.29) is 11.8 Å². The molecular weight excluding hydrogens is 317 g/mol. The van der Waals surface area contributed by atoms with Gasteiger partial charge in [-0.05, 0) is 55.5 Å². The number of hydrogen-bond donors (Lipinski definition) is 1. The fourth-order valence-electron chi connectivity index (χ4n) is 2.88. The third kappa shape index (κ3) is 4.69. The van der Waals surface area contributed by atoms with Crippen LogP contribution in [0.25, 0.3) is 10.9 Å². The molecule has 3 aromatic rings. The highest BCUT2D eigenvalue weighted by Crippen LogP contribution is 2.20. The second-order valence-electron chi connectivity index (χ2n) is 6.31. The molecular formula is C21H22FNO2. The molecule has 25 heavy (non-hydrogen) atoms. The molecule has 3 rings (SSSR count). The molecule has 0 amide bonds. The number of benzene rings is 2. The molecule has 0 spiro atoms. The van der Waals surface area contributed by atoms with E-state index < -0.39 is 0 Å². The standard InChI is InChI=1S/C21H22FNO2/c1-15-4-6-16(7-5-15)8-11-21(24)25-12-2-3-17-14-23-20-10-9-18(22)13-19(17)20/h4-7,9-10,13-14,23H,2-3,8,11-12H2,1H3. The molecule has 1 aromatic heterocycles. The molecule has 4 heteroatoms. The zero-order chi connectivity index (χ0) is 17.6. The number of hydrogen-bond acceptors (Lipinski definition) is 2. The predicted octanol–water partition coefficient (Wildman–Crippen LogP) is 4.72. The van der Waals surface area contributed by atoms with Crippen LogP contribution in [-0.2, 0) is 22.4 Å². The Morgan fingerprint density at radius 2 is 1.92 bits per heavy atom. The van der Waals surface area contributed by atoms with Crippen molar-refractivity contribution in [1.29, 1.82) is 0 Å². The number of fused-ring (bicyclic) bond motifs is 1. The third-order valence-electron chi connectivity index (χ3n) is 4.32. The summed E-state index contributed by atoms with van der Waals surface area (Å²) in [5, 5.41) is 0.894. The third-order valence-corrected chi connectivity index (χ3v) is 4.32. The summed E-state index contributed by atoms with van der Waals surface area (Å²) >= 11 is 0. The Balaban J connectivity index is 1.41. The topological polar surface area (TPSA) is 42.1 Å². The largest absolute Gasteiger partial charge is 0.466 e. The first-order chi connectivity index (χ1) is 12.1. The number of H-pyrrole nitrogens is 1. The molecule has 0 aliphatic heterocycles. The lowest BCUT2D eigenvalue weighted by Crippen LogP contribution is -2.07. The molecule has 130 valence electrons. The van der Waals surface area contributed by atoms with E-state index in [9.17, 15) is 9.18 Å². The van der Waals surface area contributed by atoms with Crippen LogP contribution in [0.15, 0.2) is 48.7 Å². The van der Waals surface area contributed by atoms with Crippen LogP contribution in [0, 0.1) is 12.7 Å². The number of nitrogens with one attached hydrogen (secondary N) is 1. The normalized spacial score (nSPS) is 11.0. The predicted molar refractivity (Wildman–Crippen MR) is 97.0 cm³/mol. The number of halogens is 1. The lowest BCUT2D eigenvalue weighted by atomic mass is 10.1. The van der Waals surface area contributed by atoms with Gasteiger partial charge in [0.1, 0.15) is 5.82 Å². The fourth-order valence-corrected chi connectivity index (χ4v) is 2.88. The average Bonchev–Trinajstić information content (AvgIpc) is 3.00. The molecule has 0 aliphatic rings. The van der Waals surface area contributed by atoms with Crippen LogP contribution in [0.4, 0.5) is 4.39 Å². The zero-order valence-electron chi connectivity index (χ0n) is 14.3. The van der Waals surface area contributed by atoms with Gasteiger partial charge in [-0.25, -0.2) is 4.39 Å². The summed E-state index contributed by atoms with van der Waals surface area (Å²) in [6.45, 7) is 2.43. The minimum absolute atomic E-state index is 0.175. The number of aromatic amines is 1. The first-order valence-electron chi connectivity index (χ1n) is 8.58. The summed E-state index contributed by atoms with van der Waals surface area (Å²) in [6, 6.07) is 12.9. The van der Waals surface area contributed by atoms with E-state index in [1.807, 2.05) is 37.4 Å². The molecule has 0 bridgehead atoms. The zero-order valence-corrected chi connectivity index (χ0v) is 14.3. The van der Waals surface area contributed by atoms with Crippen LogP contribution >= 0.6 is 0 Å². The van der Waals surface area contributed by atoms with Crippen LogP contribution in [0.3, 0.4) is 0 Å². The van der Waals surface area contributed by atoms with E-state index in [0.717, 1.165) is 34.9 Å². The van der Waals surface area contributed by atoms with Crippen molar-refractivity contribution in [2.45, 2.75) is 32.6 Å². The summed E-state index contributed by atoms with van der Waals surface area (Å²) in [7, 11) is 0. The fraction of sp³-hybridized carbons (Fsp3) is 0.286. The molecule has 2 aromatic carbocycles. The number of aromatic nitrogens is 1. The van der Waals surface area contributed by atoms with Gasteiger partial charge in [-0.1, -0.05) is 29.8 Å². The molecule has 3 nitrogen and oxygen atoms in total. The summed E-state index contributed by atoms with van der Waals surface area (Å²) in [4.78, 5) is 15.0. The van der Waals surface area contributed by atoms with E-state index in [1.165, 1.54) is 17.7 Å². The second kappa shape index (κ2) is 7.97. The Morgan fingerprint density at radius 3 is 2.72 bits per heavy atom. The van der Waals surface area contributed by atoms with Crippen molar-refractivity contribution >= 4 is 16.9 Å². The van der Waals surface area contributed by atoms with Crippen LogP contribution in [0.2, 0.25) is 0 Å². The lowest BCUT2D eigenvalue weighted by molar-refractivity contribution is -0.143. The molecule has 1 heterocycles. The molecule has 0 aliphatic carbocycles. The van der Waals surface area contributed by atoms with Gasteiger partial charge >= 0.3 is 5.97 Å². The van der Waals surface area contributed by atoms with Gasteiger partial charge < -0.3 is 9.72 Å². The van der Waals surface area contributed by atoms with Crippen molar-refractivity contribution in [2.75, 3.05) is 6.61 Å². The quantitative estimate of drug-likeness (QED) is 0.500. The smallest absolute Gasteiger partial charge is 0.306 e. The summed E-state index contributed by atoms with van der Waals surface area (Å²) in [6.07, 6.45) is 4.44. The highest BCUT2D eigenvalue weighted by molar-refractivity contribution is 5.83. The Bertz CT molecular complexity index is 852. The van der Waals surface area contributed by atoms with Crippen molar-refractivity contribution in [1.82, 2.24) is 4.98 Å². The lowest BCUT2D eigenvalue weighted by Gasteiger charge is -2.05. The maximum absolute atomic E-state index is 13.4. The van der Waals surface area contributed by atoms with E-state index >= 15 is 0 Å². The molecule has 0 saturated carbocycles. The first kappa shape index (κ1) is 17.2. The minimum Gasteiger partial charge on any atom is -0.466 e. The highest BCUT2D eigenvalue weighted by atomic mass is 19.1. The molecule has 0 atom stereocenters. The van der Waals surface area contributed by atoms with Crippen LogP contribution in [-0.4, -0.2) is 17.6 Å². The van der Waals surface area contributed by atoms with E-state index in [2.05, 4.69) is 4.98 Å². The van der Waals surface area contributed by atoms with E-state index in [1.54, 1.807) is 6.07 Å². The maximum atomic E-state index is 13.4. The van der Waals surface area contributed by atoms with Gasteiger partial charge in [-0.15, -0.1) is 0 Å². The molecule has 0 saturated heterocycles. The van der Waals surface area contributed by atoms with Gasteiger partial charge in [-0.2, -0.15) is 0 Å². The molecule has 0 radical (unpaired) electrons. The van der Waals surface area contributed by atoms with Crippen LogP contribution in [0.5, 0.6) is 0 Å². The van der Waals surface area contributed by atoms with E-state index in [0.29, 0.717) is 19.4 Å². The van der Waals surface area contributed by atoms with Gasteiger partial charge in [-0.3, -0.25) is 4.79 Å². The monoisotopic (exact) mass is 339 g/mol. The van der Waals surface area contributed by atoms with Gasteiger partial charge in [0, 0.05) is 23.5 Å². The molecule has 0 unspecified atom stereocenters. The van der Waals surface area contributed by atoms with Gasteiger partial charge in [0.05, 0.1) is 6.61 Å². The van der Waals surface area contributed by atoms with Crippen molar-refractivity contribution in [3.8, 4) is 0 Å². The Kier molecular flexibility index (Phi) is 5.49. The van der Waals surface area contributed by atoms with Gasteiger partial charge in [0.2, 0.25) is 0 Å². The van der Waals surface area contributed by atoms with Crippen molar-refractivity contribution in [3.63, 3.8) is 0 Å². The summed E-state index contributed by atoms with van der Waals surface area (Å²) in [5.74, 6) is -0.415. The van der Waals surface area contributed by atoms with Crippen LogP contribution in [0.1, 0.15) is 29.5 Å². The second-order valence-corrected chi connectivity index (χ2v) is 6.31. The average molecular weight is 339 g/mol. The van der Waals surface area contributed by atoms with Gasteiger partial charge in [0.15, 0.2) is 0 Å². The Hall–Kier alpha value is -2.62. The number of aryl methyl sites for hydroxylation is 3. The van der Waals surface area contributed by atoms with Gasteiger partial charge in [0.25, 0.3) is 0 Å². The number of ether oxygens (including phenoxy) is 1. The number of carbonyl (C=O) groups excluding carboxylic acids is 1. The number of carbonyl (C=O) groups is 1. The maximum Gasteiger partial charge on any atom is 0.306 e. The minimum atomic E-state index is -0.240. The number of rotatable bonds is 7. The SMILES string of the molecule is Cc1ccc(CCC(=O)OCCCc2c[nH]c3ccc(F)cc23)cc1. The molecule has 0 fully saturated rings. The molecule has 1 N–H and O–H groups in total.